The highest BCUT2D eigenvalue weighted by atomic mass is 32.2. The van der Waals surface area contributed by atoms with E-state index < -0.39 is 6.04 Å². The largest absolute Gasteiger partial charge is 0.467 e. The van der Waals surface area contributed by atoms with Gasteiger partial charge in [0.05, 0.1) is 12.2 Å². The molecule has 1 aliphatic heterocycles. The smallest absolute Gasteiger partial charge is 0.331 e. The van der Waals surface area contributed by atoms with Crippen molar-refractivity contribution in [1.29, 1.82) is 0 Å². The zero-order valence-corrected chi connectivity index (χ0v) is 9.46. The molecule has 0 saturated heterocycles. The number of esters is 1. The van der Waals surface area contributed by atoms with Crippen molar-refractivity contribution < 1.29 is 13.9 Å². The minimum absolute atomic E-state index is 0.281. The third-order valence-electron chi connectivity index (χ3n) is 2.22. The molecule has 0 radical (unpaired) electrons. The van der Waals surface area contributed by atoms with E-state index >= 15 is 0 Å². The average Bonchev–Trinajstić information content (AvgIpc) is 2.78. The predicted molar refractivity (Wildman–Crippen MR) is 61.2 cm³/mol. The Hall–Kier alpha value is -1.36. The molecule has 1 aliphatic rings. The third-order valence-corrected chi connectivity index (χ3v) is 3.31. The summed E-state index contributed by atoms with van der Waals surface area (Å²) < 4.78 is 17.3. The van der Waals surface area contributed by atoms with Gasteiger partial charge in [-0.3, -0.25) is 4.99 Å². The van der Waals surface area contributed by atoms with E-state index in [-0.39, 0.29) is 11.8 Å². The Bertz CT molecular complexity index is 430. The molecule has 0 amide bonds. The second kappa shape index (κ2) is 4.65. The van der Waals surface area contributed by atoms with Gasteiger partial charge in [0.25, 0.3) is 0 Å². The minimum atomic E-state index is -0.435. The number of benzene rings is 1. The lowest BCUT2D eigenvalue weighted by atomic mass is 10.2. The molecular weight excluding hydrogens is 229 g/mol. The maximum absolute atomic E-state index is 12.7. The van der Waals surface area contributed by atoms with E-state index in [0.717, 1.165) is 10.6 Å². The fourth-order valence-corrected chi connectivity index (χ4v) is 2.41. The molecule has 0 fully saturated rings. The molecule has 0 unspecified atom stereocenters. The van der Waals surface area contributed by atoms with Gasteiger partial charge in [-0.15, -0.1) is 11.8 Å². The van der Waals surface area contributed by atoms with Crippen molar-refractivity contribution in [2.45, 2.75) is 6.04 Å². The molecule has 0 N–H and O–H groups in total. The second-order valence-corrected chi connectivity index (χ2v) is 4.30. The molecule has 16 heavy (non-hydrogen) atoms. The summed E-state index contributed by atoms with van der Waals surface area (Å²) in [6.07, 6.45) is 0. The van der Waals surface area contributed by atoms with Crippen LogP contribution in [0.2, 0.25) is 0 Å². The molecule has 0 spiro atoms. The van der Waals surface area contributed by atoms with Crippen molar-refractivity contribution in [3.05, 3.63) is 35.6 Å². The number of halogens is 1. The van der Waals surface area contributed by atoms with Crippen molar-refractivity contribution in [2.75, 3.05) is 12.9 Å². The molecule has 1 atom stereocenters. The summed E-state index contributed by atoms with van der Waals surface area (Å²) in [5.41, 5.74) is 0.831. The summed E-state index contributed by atoms with van der Waals surface area (Å²) in [5, 5.41) is 0.760. The molecule has 84 valence electrons. The van der Waals surface area contributed by atoms with Gasteiger partial charge in [-0.25, -0.2) is 9.18 Å². The molecule has 1 aromatic rings. The summed E-state index contributed by atoms with van der Waals surface area (Å²) in [5.74, 6) is -0.0270. The maximum atomic E-state index is 12.7. The van der Waals surface area contributed by atoms with Crippen LogP contribution >= 0.6 is 11.8 Å². The number of ether oxygens (including phenoxy) is 1. The van der Waals surface area contributed by atoms with Crippen LogP contribution in [0, 0.1) is 5.82 Å². The van der Waals surface area contributed by atoms with Gasteiger partial charge in [0, 0.05) is 11.3 Å². The number of carbonyl (C=O) groups is 1. The van der Waals surface area contributed by atoms with Crippen LogP contribution in [-0.2, 0) is 9.53 Å². The van der Waals surface area contributed by atoms with Gasteiger partial charge < -0.3 is 4.74 Å². The van der Waals surface area contributed by atoms with Crippen molar-refractivity contribution >= 4 is 22.8 Å². The van der Waals surface area contributed by atoms with Gasteiger partial charge in [-0.1, -0.05) is 0 Å². The minimum Gasteiger partial charge on any atom is -0.467 e. The first kappa shape index (κ1) is 11.1. The van der Waals surface area contributed by atoms with Crippen LogP contribution in [0.1, 0.15) is 5.56 Å². The Morgan fingerprint density at radius 3 is 2.81 bits per heavy atom. The van der Waals surface area contributed by atoms with Gasteiger partial charge in [0.15, 0.2) is 6.04 Å². The SMILES string of the molecule is COC(=O)[C@@H]1CSC(c2ccc(F)cc2)=N1. The van der Waals surface area contributed by atoms with Crippen LogP contribution in [0.4, 0.5) is 4.39 Å². The molecule has 0 saturated carbocycles. The quantitative estimate of drug-likeness (QED) is 0.739. The van der Waals surface area contributed by atoms with Gasteiger partial charge in [-0.05, 0) is 24.3 Å². The summed E-state index contributed by atoms with van der Waals surface area (Å²) in [6, 6.07) is 5.63. The molecular formula is C11H10FNO2S. The van der Waals surface area contributed by atoms with E-state index in [1.807, 2.05) is 0 Å². The monoisotopic (exact) mass is 239 g/mol. The van der Waals surface area contributed by atoms with E-state index in [1.165, 1.54) is 31.0 Å². The molecule has 0 aliphatic carbocycles. The van der Waals surface area contributed by atoms with E-state index in [2.05, 4.69) is 9.73 Å². The number of aliphatic imine (C=N–C) groups is 1. The standard InChI is InChI=1S/C11H10FNO2S/c1-15-11(14)9-6-16-10(13-9)7-2-4-8(12)5-3-7/h2-5,9H,6H2,1H3/t9-/m0/s1. The summed E-state index contributed by atoms with van der Waals surface area (Å²) >= 11 is 1.48. The van der Waals surface area contributed by atoms with Crippen LogP contribution < -0.4 is 0 Å². The highest BCUT2D eigenvalue weighted by Gasteiger charge is 2.26. The number of rotatable bonds is 2. The van der Waals surface area contributed by atoms with Crippen LogP contribution in [0.15, 0.2) is 29.3 Å². The Morgan fingerprint density at radius 1 is 1.50 bits per heavy atom. The number of hydrogen-bond acceptors (Lipinski definition) is 4. The Labute approximate surface area is 96.7 Å². The van der Waals surface area contributed by atoms with E-state index in [9.17, 15) is 9.18 Å². The van der Waals surface area contributed by atoms with Gasteiger partial charge in [0.1, 0.15) is 5.82 Å². The molecule has 2 rings (SSSR count). The number of carbonyl (C=O) groups excluding carboxylic acids is 1. The highest BCUT2D eigenvalue weighted by Crippen LogP contribution is 2.24. The van der Waals surface area contributed by atoms with E-state index in [4.69, 9.17) is 0 Å². The fraction of sp³-hybridized carbons (Fsp3) is 0.273. The summed E-state index contributed by atoms with van der Waals surface area (Å²) in [7, 11) is 1.35. The number of thioether (sulfide) groups is 1. The average molecular weight is 239 g/mol. The van der Waals surface area contributed by atoms with Gasteiger partial charge in [-0.2, -0.15) is 0 Å². The Morgan fingerprint density at radius 2 is 2.19 bits per heavy atom. The molecule has 5 heteroatoms. The number of methoxy groups -OCH3 is 1. The number of nitrogens with zero attached hydrogens (tertiary/aromatic N) is 1. The second-order valence-electron chi connectivity index (χ2n) is 3.29. The van der Waals surface area contributed by atoms with E-state index in [1.54, 1.807) is 12.1 Å². The van der Waals surface area contributed by atoms with Crippen molar-refractivity contribution in [2.24, 2.45) is 4.99 Å². The van der Waals surface area contributed by atoms with Gasteiger partial charge >= 0.3 is 5.97 Å². The van der Waals surface area contributed by atoms with Gasteiger partial charge in [0.2, 0.25) is 0 Å². The summed E-state index contributed by atoms with van der Waals surface area (Å²) in [6.45, 7) is 0. The molecule has 0 bridgehead atoms. The Kier molecular flexibility index (Phi) is 3.24. The lowest BCUT2D eigenvalue weighted by Gasteiger charge is -2.00. The third kappa shape index (κ3) is 2.24. The first-order valence-electron chi connectivity index (χ1n) is 4.75. The highest BCUT2D eigenvalue weighted by molar-refractivity contribution is 8.14. The first-order chi connectivity index (χ1) is 7.70. The molecule has 0 aromatic heterocycles. The Balaban J connectivity index is 2.17. The number of hydrogen-bond donors (Lipinski definition) is 0. The molecule has 1 heterocycles. The predicted octanol–water partition coefficient (Wildman–Crippen LogP) is 1.86. The van der Waals surface area contributed by atoms with E-state index in [0.29, 0.717) is 5.75 Å². The van der Waals surface area contributed by atoms with Crippen LogP contribution in [0.25, 0.3) is 0 Å². The fourth-order valence-electron chi connectivity index (χ4n) is 1.38. The summed E-state index contributed by atoms with van der Waals surface area (Å²) in [4.78, 5) is 15.5. The maximum Gasteiger partial charge on any atom is 0.331 e. The normalized spacial score (nSPS) is 19.4. The van der Waals surface area contributed by atoms with Crippen molar-refractivity contribution in [3.8, 4) is 0 Å². The molecule has 1 aromatic carbocycles. The lowest BCUT2D eigenvalue weighted by Crippen LogP contribution is -2.19. The van der Waals surface area contributed by atoms with Crippen LogP contribution in [0.5, 0.6) is 0 Å². The van der Waals surface area contributed by atoms with Crippen molar-refractivity contribution in [3.63, 3.8) is 0 Å². The topological polar surface area (TPSA) is 38.7 Å². The van der Waals surface area contributed by atoms with Crippen molar-refractivity contribution in [1.82, 2.24) is 0 Å². The molecule has 3 nitrogen and oxygen atoms in total. The zero-order chi connectivity index (χ0) is 11.5. The first-order valence-corrected chi connectivity index (χ1v) is 5.73. The lowest BCUT2D eigenvalue weighted by molar-refractivity contribution is -0.141. The zero-order valence-electron chi connectivity index (χ0n) is 8.64. The van der Waals surface area contributed by atoms with Crippen LogP contribution in [-0.4, -0.2) is 29.9 Å². The van der Waals surface area contributed by atoms with Crippen LogP contribution in [0.3, 0.4) is 0 Å².